The van der Waals surface area contributed by atoms with Crippen LogP contribution in [0.3, 0.4) is 0 Å². The van der Waals surface area contributed by atoms with Crippen LogP contribution in [0.5, 0.6) is 0 Å². The fourth-order valence-electron chi connectivity index (χ4n) is 2.21. The van der Waals surface area contributed by atoms with E-state index < -0.39 is 5.54 Å². The molecule has 116 valence electrons. The van der Waals surface area contributed by atoms with E-state index in [1.54, 1.807) is 0 Å². The summed E-state index contributed by atoms with van der Waals surface area (Å²) in [5, 5.41) is 5.85. The van der Waals surface area contributed by atoms with Gasteiger partial charge in [-0.15, -0.1) is 0 Å². The Labute approximate surface area is 126 Å². The predicted octanol–water partition coefficient (Wildman–Crippen LogP) is 2.07. The van der Waals surface area contributed by atoms with Crippen molar-refractivity contribution in [2.75, 3.05) is 19.8 Å². The van der Waals surface area contributed by atoms with Crippen molar-refractivity contribution in [3.05, 3.63) is 35.9 Å². The molecule has 0 aliphatic carbocycles. The SMILES string of the molecule is CC(C)(COCc1ccccc1)NC(=O)N[C@@H]1CCOC1. The van der Waals surface area contributed by atoms with E-state index in [0.29, 0.717) is 26.4 Å². The van der Waals surface area contributed by atoms with Crippen molar-refractivity contribution in [1.29, 1.82) is 0 Å². The fourth-order valence-corrected chi connectivity index (χ4v) is 2.21. The quantitative estimate of drug-likeness (QED) is 0.844. The zero-order chi connectivity index (χ0) is 15.1. The number of carbonyl (C=O) groups is 1. The summed E-state index contributed by atoms with van der Waals surface area (Å²) in [6, 6.07) is 9.94. The number of urea groups is 1. The van der Waals surface area contributed by atoms with Crippen LogP contribution in [0.1, 0.15) is 25.8 Å². The van der Waals surface area contributed by atoms with Crippen molar-refractivity contribution in [3.8, 4) is 0 Å². The molecule has 2 rings (SSSR count). The molecule has 2 N–H and O–H groups in total. The lowest BCUT2D eigenvalue weighted by molar-refractivity contribution is 0.0741. The van der Waals surface area contributed by atoms with E-state index in [1.165, 1.54) is 0 Å². The van der Waals surface area contributed by atoms with Gasteiger partial charge in [-0.05, 0) is 25.8 Å². The van der Waals surface area contributed by atoms with Gasteiger partial charge in [0.15, 0.2) is 0 Å². The molecule has 1 saturated heterocycles. The van der Waals surface area contributed by atoms with Gasteiger partial charge in [0.05, 0.1) is 31.4 Å². The Morgan fingerprint density at radius 1 is 1.38 bits per heavy atom. The lowest BCUT2D eigenvalue weighted by atomic mass is 10.1. The lowest BCUT2D eigenvalue weighted by Gasteiger charge is -2.27. The first-order valence-corrected chi connectivity index (χ1v) is 7.33. The summed E-state index contributed by atoms with van der Waals surface area (Å²) in [7, 11) is 0. The molecule has 1 aromatic carbocycles. The van der Waals surface area contributed by atoms with Crippen LogP contribution >= 0.6 is 0 Å². The van der Waals surface area contributed by atoms with Crippen LogP contribution in [0.2, 0.25) is 0 Å². The Kier molecular flexibility index (Phi) is 5.59. The molecule has 21 heavy (non-hydrogen) atoms. The second-order valence-electron chi connectivity index (χ2n) is 6.02. The van der Waals surface area contributed by atoms with Gasteiger partial charge in [-0.1, -0.05) is 30.3 Å². The predicted molar refractivity (Wildman–Crippen MR) is 81.1 cm³/mol. The highest BCUT2D eigenvalue weighted by Gasteiger charge is 2.23. The van der Waals surface area contributed by atoms with E-state index in [0.717, 1.165) is 12.0 Å². The molecule has 0 spiro atoms. The number of nitrogens with one attached hydrogen (secondary N) is 2. The maximum Gasteiger partial charge on any atom is 0.315 e. The van der Waals surface area contributed by atoms with Crippen molar-refractivity contribution >= 4 is 6.03 Å². The van der Waals surface area contributed by atoms with Crippen LogP contribution in [0, 0.1) is 0 Å². The number of hydrogen-bond acceptors (Lipinski definition) is 3. The number of hydrogen-bond donors (Lipinski definition) is 2. The third kappa shape index (κ3) is 5.73. The molecule has 1 fully saturated rings. The molecule has 0 saturated carbocycles. The Morgan fingerprint density at radius 2 is 2.14 bits per heavy atom. The third-order valence-corrected chi connectivity index (χ3v) is 3.29. The highest BCUT2D eigenvalue weighted by molar-refractivity contribution is 5.75. The Hall–Kier alpha value is -1.59. The summed E-state index contributed by atoms with van der Waals surface area (Å²) >= 11 is 0. The second-order valence-corrected chi connectivity index (χ2v) is 6.02. The van der Waals surface area contributed by atoms with Crippen LogP contribution in [-0.2, 0) is 16.1 Å². The minimum atomic E-state index is -0.418. The molecule has 0 unspecified atom stereocenters. The summed E-state index contributed by atoms with van der Waals surface area (Å²) in [5.74, 6) is 0. The number of benzene rings is 1. The summed E-state index contributed by atoms with van der Waals surface area (Å²) in [5.41, 5.74) is 0.707. The van der Waals surface area contributed by atoms with Crippen molar-refractivity contribution in [2.45, 2.75) is 38.5 Å². The van der Waals surface area contributed by atoms with Gasteiger partial charge >= 0.3 is 6.03 Å². The van der Waals surface area contributed by atoms with Crippen molar-refractivity contribution < 1.29 is 14.3 Å². The first kappa shape index (κ1) is 15.8. The first-order chi connectivity index (χ1) is 10.1. The fraction of sp³-hybridized carbons (Fsp3) is 0.562. The van der Waals surface area contributed by atoms with Gasteiger partial charge in [0, 0.05) is 6.61 Å². The molecular formula is C16H24N2O3. The molecule has 0 aromatic heterocycles. The largest absolute Gasteiger partial charge is 0.379 e. The number of rotatable bonds is 6. The lowest BCUT2D eigenvalue weighted by Crippen LogP contribution is -2.53. The van der Waals surface area contributed by atoms with Crippen molar-refractivity contribution in [3.63, 3.8) is 0 Å². The monoisotopic (exact) mass is 292 g/mol. The van der Waals surface area contributed by atoms with Gasteiger partial charge < -0.3 is 20.1 Å². The molecule has 0 radical (unpaired) electrons. The van der Waals surface area contributed by atoms with Crippen LogP contribution in [0.25, 0.3) is 0 Å². The highest BCUT2D eigenvalue weighted by Crippen LogP contribution is 2.08. The van der Waals surface area contributed by atoms with Gasteiger partial charge in [-0.2, -0.15) is 0 Å². The van der Waals surface area contributed by atoms with E-state index in [1.807, 2.05) is 44.2 Å². The van der Waals surface area contributed by atoms with Gasteiger partial charge in [0.1, 0.15) is 0 Å². The maximum absolute atomic E-state index is 11.9. The van der Waals surface area contributed by atoms with Crippen LogP contribution in [0.15, 0.2) is 30.3 Å². The molecule has 1 aliphatic heterocycles. The normalized spacial score (nSPS) is 18.5. The smallest absolute Gasteiger partial charge is 0.315 e. The van der Waals surface area contributed by atoms with Crippen LogP contribution in [0.4, 0.5) is 4.79 Å². The Bertz CT molecular complexity index is 442. The van der Waals surface area contributed by atoms with Gasteiger partial charge in [-0.3, -0.25) is 0 Å². The average molecular weight is 292 g/mol. The van der Waals surface area contributed by atoms with E-state index >= 15 is 0 Å². The van der Waals surface area contributed by atoms with Crippen LogP contribution < -0.4 is 10.6 Å². The molecule has 1 aromatic rings. The Morgan fingerprint density at radius 3 is 2.81 bits per heavy atom. The van der Waals surface area contributed by atoms with E-state index in [9.17, 15) is 4.79 Å². The summed E-state index contributed by atoms with van der Waals surface area (Å²) in [6.45, 7) is 6.21. The van der Waals surface area contributed by atoms with E-state index in [2.05, 4.69) is 10.6 Å². The van der Waals surface area contributed by atoms with E-state index in [-0.39, 0.29) is 12.1 Å². The van der Waals surface area contributed by atoms with Gasteiger partial charge in [-0.25, -0.2) is 4.79 Å². The van der Waals surface area contributed by atoms with Crippen LogP contribution in [-0.4, -0.2) is 37.4 Å². The zero-order valence-electron chi connectivity index (χ0n) is 12.7. The summed E-state index contributed by atoms with van der Waals surface area (Å²) in [6.07, 6.45) is 0.873. The molecule has 5 nitrogen and oxygen atoms in total. The molecule has 5 heteroatoms. The zero-order valence-corrected chi connectivity index (χ0v) is 12.7. The number of amides is 2. The summed E-state index contributed by atoms with van der Waals surface area (Å²) < 4.78 is 10.9. The molecular weight excluding hydrogens is 268 g/mol. The molecule has 1 aliphatic rings. The Balaban J connectivity index is 1.69. The molecule has 2 amide bonds. The third-order valence-electron chi connectivity index (χ3n) is 3.29. The molecule has 0 bridgehead atoms. The van der Waals surface area contributed by atoms with Crippen molar-refractivity contribution in [2.24, 2.45) is 0 Å². The molecule has 1 heterocycles. The standard InChI is InChI=1S/C16H24N2O3/c1-16(2,12-21-10-13-6-4-3-5-7-13)18-15(19)17-14-8-9-20-11-14/h3-7,14H,8-12H2,1-2H3,(H2,17,18,19)/t14-/m1/s1. The minimum absolute atomic E-state index is 0.117. The van der Waals surface area contributed by atoms with Gasteiger partial charge in [0.2, 0.25) is 0 Å². The maximum atomic E-state index is 11.9. The average Bonchev–Trinajstić information content (AvgIpc) is 2.91. The topological polar surface area (TPSA) is 59.6 Å². The first-order valence-electron chi connectivity index (χ1n) is 7.33. The number of carbonyl (C=O) groups excluding carboxylic acids is 1. The minimum Gasteiger partial charge on any atom is -0.379 e. The number of ether oxygens (including phenoxy) is 2. The summed E-state index contributed by atoms with van der Waals surface area (Å²) in [4.78, 5) is 11.9. The molecule has 1 atom stereocenters. The van der Waals surface area contributed by atoms with Crippen molar-refractivity contribution in [1.82, 2.24) is 10.6 Å². The van der Waals surface area contributed by atoms with E-state index in [4.69, 9.17) is 9.47 Å². The highest BCUT2D eigenvalue weighted by atomic mass is 16.5. The second kappa shape index (κ2) is 7.43. The van der Waals surface area contributed by atoms with Gasteiger partial charge in [0.25, 0.3) is 0 Å².